The second kappa shape index (κ2) is 9.66. The average Bonchev–Trinajstić information content (AvgIpc) is 3.44. The van der Waals surface area contributed by atoms with E-state index in [2.05, 4.69) is 9.97 Å². The highest BCUT2D eigenvalue weighted by molar-refractivity contribution is 6.61. The van der Waals surface area contributed by atoms with E-state index in [0.29, 0.717) is 17.7 Å². The Morgan fingerprint density at radius 2 is 1.85 bits per heavy atom. The van der Waals surface area contributed by atoms with Crippen molar-refractivity contribution in [1.82, 2.24) is 9.97 Å². The molecule has 0 bridgehead atoms. The maximum absolute atomic E-state index is 14.2. The molecule has 7 nitrogen and oxygen atoms in total. The van der Waals surface area contributed by atoms with E-state index in [1.165, 1.54) is 38.9 Å². The van der Waals surface area contributed by atoms with Gasteiger partial charge in [0.1, 0.15) is 23.0 Å². The molecule has 174 valence electrons. The van der Waals surface area contributed by atoms with Crippen LogP contribution in [0.1, 0.15) is 46.9 Å². The fraction of sp³-hybridized carbons (Fsp3) is 0.200. The topological polar surface area (TPSA) is 105 Å². The van der Waals surface area contributed by atoms with E-state index >= 15 is 0 Å². The number of nitrogens with zero attached hydrogens (tertiary/aromatic N) is 1. The van der Waals surface area contributed by atoms with Crippen molar-refractivity contribution in [1.29, 1.82) is 0 Å². The highest BCUT2D eigenvalue weighted by Gasteiger charge is 2.27. The highest BCUT2D eigenvalue weighted by Crippen LogP contribution is 2.44. The Hall–Kier alpha value is -3.69. The van der Waals surface area contributed by atoms with Crippen molar-refractivity contribution < 1.29 is 28.7 Å². The molecule has 0 saturated heterocycles. The summed E-state index contributed by atoms with van der Waals surface area (Å²) in [6, 6.07) is 7.98. The quantitative estimate of drug-likeness (QED) is 0.351. The minimum absolute atomic E-state index is 0.0687. The number of fused-ring (bicyclic) bond motifs is 1. The van der Waals surface area contributed by atoms with Gasteiger partial charge in [-0.3, -0.25) is 4.79 Å². The number of halogens is 1. The first kappa shape index (κ1) is 23.5. The number of ketones is 1. The summed E-state index contributed by atoms with van der Waals surface area (Å²) < 4.78 is 24.9. The van der Waals surface area contributed by atoms with Crippen molar-refractivity contribution in [2.24, 2.45) is 0 Å². The van der Waals surface area contributed by atoms with Gasteiger partial charge in [-0.15, -0.1) is 0 Å². The summed E-state index contributed by atoms with van der Waals surface area (Å²) >= 11 is 0. The number of imidazole rings is 1. The summed E-state index contributed by atoms with van der Waals surface area (Å²) in [6.07, 6.45) is 5.56. The Morgan fingerprint density at radius 3 is 2.44 bits per heavy atom. The van der Waals surface area contributed by atoms with Crippen molar-refractivity contribution in [3.05, 3.63) is 76.6 Å². The number of benzene rings is 2. The summed E-state index contributed by atoms with van der Waals surface area (Å²) in [5.41, 5.74) is 5.59. The smallest absolute Gasteiger partial charge is 0.496 e. The van der Waals surface area contributed by atoms with Gasteiger partial charge in [0.25, 0.3) is 0 Å². The van der Waals surface area contributed by atoms with Crippen LogP contribution in [0.25, 0.3) is 17.2 Å². The molecule has 0 aliphatic heterocycles. The molecule has 1 heterocycles. The summed E-state index contributed by atoms with van der Waals surface area (Å²) in [4.78, 5) is 19.2. The van der Waals surface area contributed by atoms with E-state index in [9.17, 15) is 19.2 Å². The molecule has 1 aromatic heterocycles. The van der Waals surface area contributed by atoms with Gasteiger partial charge in [-0.25, -0.2) is 9.37 Å². The van der Waals surface area contributed by atoms with Gasteiger partial charge in [0.05, 0.1) is 32.2 Å². The Bertz CT molecular complexity index is 1270. The van der Waals surface area contributed by atoms with Crippen LogP contribution in [-0.2, 0) is 0 Å². The fourth-order valence-electron chi connectivity index (χ4n) is 4.32. The number of hydrogen-bond acceptors (Lipinski definition) is 6. The number of H-pyrrole nitrogens is 1. The predicted octanol–water partition coefficient (Wildman–Crippen LogP) is 3.24. The number of carbonyl (C=O) groups excluding carboxylic acids is 1. The minimum Gasteiger partial charge on any atom is -0.497 e. The van der Waals surface area contributed by atoms with Gasteiger partial charge in [-0.2, -0.15) is 0 Å². The molecular weight excluding hydrogens is 438 g/mol. The van der Waals surface area contributed by atoms with Crippen LogP contribution in [0.4, 0.5) is 4.39 Å². The Kier molecular flexibility index (Phi) is 6.67. The van der Waals surface area contributed by atoms with E-state index in [4.69, 9.17) is 9.47 Å². The van der Waals surface area contributed by atoms with Crippen LogP contribution < -0.4 is 14.9 Å². The highest BCUT2D eigenvalue weighted by atomic mass is 19.1. The Morgan fingerprint density at radius 1 is 1.15 bits per heavy atom. The van der Waals surface area contributed by atoms with Crippen LogP contribution in [0.15, 0.2) is 48.4 Å². The molecule has 0 amide bonds. The van der Waals surface area contributed by atoms with Gasteiger partial charge >= 0.3 is 7.12 Å². The van der Waals surface area contributed by atoms with Crippen molar-refractivity contribution >= 4 is 35.6 Å². The van der Waals surface area contributed by atoms with Gasteiger partial charge in [0.15, 0.2) is 5.78 Å². The van der Waals surface area contributed by atoms with E-state index in [1.54, 1.807) is 18.2 Å². The Balaban J connectivity index is 1.76. The zero-order chi connectivity index (χ0) is 24.4. The molecule has 9 heteroatoms. The van der Waals surface area contributed by atoms with Gasteiger partial charge < -0.3 is 24.5 Å². The molecule has 0 radical (unpaired) electrons. The fourth-order valence-corrected chi connectivity index (χ4v) is 4.32. The van der Waals surface area contributed by atoms with Gasteiger partial charge in [0.2, 0.25) is 0 Å². The van der Waals surface area contributed by atoms with Crippen molar-refractivity contribution in [2.75, 3.05) is 14.2 Å². The number of allylic oxidation sites excluding steroid dienone is 3. The van der Waals surface area contributed by atoms with Crippen LogP contribution in [0.2, 0.25) is 0 Å². The average molecular weight is 462 g/mol. The second-order valence-electron chi connectivity index (χ2n) is 7.95. The molecule has 1 aliphatic carbocycles. The number of nitrogens with one attached hydrogen (secondary N) is 1. The van der Waals surface area contributed by atoms with Crippen molar-refractivity contribution in [2.45, 2.75) is 19.8 Å². The van der Waals surface area contributed by atoms with Crippen LogP contribution in [0, 0.1) is 5.82 Å². The molecule has 1 aliphatic rings. The zero-order valence-corrected chi connectivity index (χ0v) is 19.1. The number of ether oxygens (including phenoxy) is 2. The normalized spacial score (nSPS) is 13.9. The monoisotopic (exact) mass is 462 g/mol. The number of rotatable bonds is 8. The first-order valence-electron chi connectivity index (χ1n) is 10.7. The van der Waals surface area contributed by atoms with Gasteiger partial charge in [-0.1, -0.05) is 6.07 Å². The van der Waals surface area contributed by atoms with Crippen LogP contribution >= 0.6 is 0 Å². The number of carbonyl (C=O) groups is 1. The molecule has 2 aromatic carbocycles. The van der Waals surface area contributed by atoms with E-state index < -0.39 is 7.12 Å². The first-order valence-corrected chi connectivity index (χ1v) is 10.7. The maximum Gasteiger partial charge on any atom is 0.496 e. The molecule has 0 atom stereocenters. The lowest BCUT2D eigenvalue weighted by molar-refractivity contribution is 0.0980. The molecule has 3 aromatic rings. The molecule has 0 spiro atoms. The summed E-state index contributed by atoms with van der Waals surface area (Å²) in [7, 11) is 1.11. The SMILES string of the molecule is COc1cc(C=C2C(C)=C(CCC(=O)c3cnc[nH]3)c3cc(F)ccc32)cc(OC)c1B(O)O. The summed E-state index contributed by atoms with van der Waals surface area (Å²) in [5, 5.41) is 19.5. The van der Waals surface area contributed by atoms with E-state index in [0.717, 1.165) is 27.8 Å². The standard InChI is InChI=1S/C25H24BFN2O5/c1-14-17(6-7-22(30)21-12-28-13-29-21)20-11-16(27)4-5-18(20)19(14)8-15-9-23(33-2)25(26(31)32)24(10-15)34-3/h4-5,8-13,31-32H,6-7H2,1-3H3,(H,28,29). The summed E-state index contributed by atoms with van der Waals surface area (Å²) in [6.45, 7) is 1.94. The number of Topliss-reactive ketones (excluding diaryl/α,β-unsaturated/α-hetero) is 1. The molecule has 0 saturated carbocycles. The van der Waals surface area contributed by atoms with Crippen LogP contribution in [0.3, 0.4) is 0 Å². The largest absolute Gasteiger partial charge is 0.497 e. The predicted molar refractivity (Wildman–Crippen MR) is 128 cm³/mol. The second-order valence-corrected chi connectivity index (χ2v) is 7.95. The number of aromatic nitrogens is 2. The van der Waals surface area contributed by atoms with E-state index in [-0.39, 0.29) is 35.0 Å². The van der Waals surface area contributed by atoms with Crippen LogP contribution in [0.5, 0.6) is 11.5 Å². The molecule has 34 heavy (non-hydrogen) atoms. The lowest BCUT2D eigenvalue weighted by Crippen LogP contribution is -2.32. The maximum atomic E-state index is 14.2. The molecule has 0 fully saturated rings. The first-order chi connectivity index (χ1) is 16.3. The van der Waals surface area contributed by atoms with Crippen LogP contribution in [-0.4, -0.2) is 47.1 Å². The number of methoxy groups -OCH3 is 2. The molecular formula is C25H24BFN2O5. The molecule has 4 rings (SSSR count). The minimum atomic E-state index is -1.76. The number of hydrogen-bond donors (Lipinski definition) is 3. The third-order valence-corrected chi connectivity index (χ3v) is 5.99. The molecule has 3 N–H and O–H groups in total. The number of aromatic amines is 1. The van der Waals surface area contributed by atoms with Crippen molar-refractivity contribution in [3.8, 4) is 11.5 Å². The van der Waals surface area contributed by atoms with Gasteiger partial charge in [0, 0.05) is 6.42 Å². The van der Waals surface area contributed by atoms with Gasteiger partial charge in [-0.05, 0) is 77.1 Å². The Labute approximate surface area is 196 Å². The third-order valence-electron chi connectivity index (χ3n) is 5.99. The molecule has 0 unspecified atom stereocenters. The van der Waals surface area contributed by atoms with E-state index in [1.807, 2.05) is 13.0 Å². The lowest BCUT2D eigenvalue weighted by atomic mass is 9.78. The zero-order valence-electron chi connectivity index (χ0n) is 19.1. The van der Waals surface area contributed by atoms with Crippen molar-refractivity contribution in [3.63, 3.8) is 0 Å². The third kappa shape index (κ3) is 4.40. The summed E-state index contributed by atoms with van der Waals surface area (Å²) in [5.74, 6) is 0.117. The lowest BCUT2D eigenvalue weighted by Gasteiger charge is -2.14.